The predicted molar refractivity (Wildman–Crippen MR) is 88.0 cm³/mol. The Morgan fingerprint density at radius 2 is 1.73 bits per heavy atom. The molecule has 0 fully saturated rings. The minimum atomic E-state index is -3.40. The summed E-state index contributed by atoms with van der Waals surface area (Å²) in [4.78, 5) is 12.3. The molecule has 2 rings (SSSR count). The number of carbonyl (C=O) groups is 1. The fraction of sp³-hybridized carbons (Fsp3) is 0.188. The number of nitrogens with one attached hydrogen (secondary N) is 1. The normalized spacial score (nSPS) is 11.2. The zero-order valence-electron chi connectivity index (χ0n) is 12.0. The van der Waals surface area contributed by atoms with Gasteiger partial charge in [-0.25, -0.2) is 8.42 Å². The number of amides is 1. The zero-order valence-corrected chi connectivity index (χ0v) is 13.6. The van der Waals surface area contributed by atoms with Crippen LogP contribution in [0.2, 0.25) is 5.02 Å². The minimum Gasteiger partial charge on any atom is -0.325 e. The van der Waals surface area contributed by atoms with Gasteiger partial charge in [-0.05, 0) is 23.8 Å². The van der Waals surface area contributed by atoms with Crippen molar-refractivity contribution in [2.75, 3.05) is 11.1 Å². The summed E-state index contributed by atoms with van der Waals surface area (Å²) >= 11 is 6.02. The highest BCUT2D eigenvalue weighted by Crippen LogP contribution is 2.23. The highest BCUT2D eigenvalue weighted by atomic mass is 35.5. The van der Waals surface area contributed by atoms with Crippen LogP contribution >= 0.6 is 11.6 Å². The van der Waals surface area contributed by atoms with E-state index in [0.29, 0.717) is 16.3 Å². The summed E-state index contributed by atoms with van der Waals surface area (Å²) < 4.78 is 24.1. The number of sulfone groups is 1. The van der Waals surface area contributed by atoms with E-state index in [9.17, 15) is 13.2 Å². The topological polar surface area (TPSA) is 63.2 Å². The maximum Gasteiger partial charge on any atom is 0.228 e. The number of carbonyl (C=O) groups excluding carboxylic acids is 1. The van der Waals surface area contributed by atoms with Gasteiger partial charge in [-0.2, -0.15) is 0 Å². The summed E-state index contributed by atoms with van der Waals surface area (Å²) in [6.45, 7) is 1.57. The Balaban J connectivity index is 2.21. The largest absolute Gasteiger partial charge is 0.325 e. The summed E-state index contributed by atoms with van der Waals surface area (Å²) in [5.74, 6) is -0.337. The Kier molecular flexibility index (Phi) is 5.21. The van der Waals surface area contributed by atoms with Crippen LogP contribution in [0, 0.1) is 0 Å². The smallest absolute Gasteiger partial charge is 0.228 e. The van der Waals surface area contributed by atoms with Gasteiger partial charge in [-0.1, -0.05) is 48.9 Å². The van der Waals surface area contributed by atoms with Crippen LogP contribution in [-0.4, -0.2) is 20.1 Å². The first-order chi connectivity index (χ1) is 10.4. The maximum atomic E-state index is 12.1. The lowest BCUT2D eigenvalue weighted by Gasteiger charge is -2.11. The van der Waals surface area contributed by atoms with Crippen molar-refractivity contribution < 1.29 is 13.2 Å². The first-order valence-electron chi connectivity index (χ1n) is 6.79. The van der Waals surface area contributed by atoms with Crippen molar-refractivity contribution in [3.63, 3.8) is 0 Å². The molecule has 2 aromatic carbocycles. The van der Waals surface area contributed by atoms with Crippen LogP contribution in [0.1, 0.15) is 12.5 Å². The highest BCUT2D eigenvalue weighted by Gasteiger charge is 2.17. The Bertz CT molecular complexity index is 787. The lowest BCUT2D eigenvalue weighted by molar-refractivity contribution is -0.115. The molecule has 0 aliphatic rings. The highest BCUT2D eigenvalue weighted by molar-refractivity contribution is 7.91. The van der Waals surface area contributed by atoms with Gasteiger partial charge in [-0.15, -0.1) is 0 Å². The molecule has 0 aliphatic carbocycles. The van der Waals surface area contributed by atoms with Gasteiger partial charge in [0, 0.05) is 5.02 Å². The number of hydrogen-bond donors (Lipinski definition) is 1. The number of hydrogen-bond acceptors (Lipinski definition) is 3. The quantitative estimate of drug-likeness (QED) is 0.910. The fourth-order valence-electron chi connectivity index (χ4n) is 2.01. The van der Waals surface area contributed by atoms with Crippen LogP contribution in [0.15, 0.2) is 53.4 Å². The van der Waals surface area contributed by atoms with Gasteiger partial charge in [0.15, 0.2) is 9.84 Å². The summed E-state index contributed by atoms with van der Waals surface area (Å²) in [6, 6.07) is 13.4. The molecular formula is C16H16ClNO3S. The van der Waals surface area contributed by atoms with E-state index in [4.69, 9.17) is 11.6 Å². The van der Waals surface area contributed by atoms with E-state index in [2.05, 4.69) is 5.32 Å². The molecule has 0 heterocycles. The fourth-order valence-corrected chi connectivity index (χ4v) is 3.26. The molecule has 0 radical (unpaired) electrons. The molecule has 2 aromatic rings. The van der Waals surface area contributed by atoms with E-state index >= 15 is 0 Å². The maximum absolute atomic E-state index is 12.1. The standard InChI is InChI=1S/C16H16ClNO3S/c1-2-22(20,21)15-10-6-5-9-14(15)18-16(19)11-12-7-3-4-8-13(12)17/h3-10H,2,11H2,1H3,(H,18,19). The average Bonchev–Trinajstić information content (AvgIpc) is 2.50. The lowest BCUT2D eigenvalue weighted by Crippen LogP contribution is -2.17. The van der Waals surface area contributed by atoms with Gasteiger partial charge in [0.05, 0.1) is 22.8 Å². The van der Waals surface area contributed by atoms with E-state index in [1.54, 1.807) is 49.4 Å². The summed E-state index contributed by atoms with van der Waals surface area (Å²) in [5.41, 5.74) is 0.985. The van der Waals surface area contributed by atoms with Crippen molar-refractivity contribution in [2.45, 2.75) is 18.2 Å². The zero-order chi connectivity index (χ0) is 16.2. The first kappa shape index (κ1) is 16.5. The van der Waals surface area contributed by atoms with Gasteiger partial charge < -0.3 is 5.32 Å². The van der Waals surface area contributed by atoms with Gasteiger partial charge >= 0.3 is 0 Å². The molecule has 1 amide bonds. The van der Waals surface area contributed by atoms with Gasteiger partial charge in [0.2, 0.25) is 5.91 Å². The average molecular weight is 338 g/mol. The molecule has 0 aromatic heterocycles. The Labute approximate surface area is 135 Å². The number of halogens is 1. The number of anilines is 1. The van der Waals surface area contributed by atoms with Gasteiger partial charge in [0.1, 0.15) is 0 Å². The molecule has 0 saturated carbocycles. The second-order valence-corrected chi connectivity index (χ2v) is 7.37. The van der Waals surface area contributed by atoms with Gasteiger partial charge in [0.25, 0.3) is 0 Å². The molecule has 0 atom stereocenters. The van der Waals surface area contributed by atoms with Crippen molar-refractivity contribution in [3.05, 3.63) is 59.1 Å². The number of para-hydroxylation sites is 1. The van der Waals surface area contributed by atoms with Crippen molar-refractivity contribution in [3.8, 4) is 0 Å². The van der Waals surface area contributed by atoms with Gasteiger partial charge in [-0.3, -0.25) is 4.79 Å². The molecular weight excluding hydrogens is 322 g/mol. The summed E-state index contributed by atoms with van der Waals surface area (Å²) in [5, 5.41) is 3.16. The molecule has 4 nitrogen and oxygen atoms in total. The SMILES string of the molecule is CCS(=O)(=O)c1ccccc1NC(=O)Cc1ccccc1Cl. The van der Waals surface area contributed by atoms with Crippen molar-refractivity contribution in [2.24, 2.45) is 0 Å². The minimum absolute atomic E-state index is 0.0234. The molecule has 116 valence electrons. The summed E-state index contributed by atoms with van der Waals surface area (Å²) in [7, 11) is -3.40. The molecule has 0 unspecified atom stereocenters. The van der Waals surface area contributed by atoms with E-state index < -0.39 is 9.84 Å². The number of benzene rings is 2. The Hall–Kier alpha value is -1.85. The van der Waals surface area contributed by atoms with E-state index in [1.165, 1.54) is 6.07 Å². The van der Waals surface area contributed by atoms with Crippen LogP contribution in [0.5, 0.6) is 0 Å². The van der Waals surface area contributed by atoms with E-state index in [0.717, 1.165) is 0 Å². The molecule has 0 aliphatic heterocycles. The van der Waals surface area contributed by atoms with E-state index in [1.807, 2.05) is 0 Å². The van der Waals surface area contributed by atoms with Crippen LogP contribution in [-0.2, 0) is 21.1 Å². The third-order valence-electron chi connectivity index (χ3n) is 3.19. The van der Waals surface area contributed by atoms with Crippen LogP contribution < -0.4 is 5.32 Å². The van der Waals surface area contributed by atoms with Crippen LogP contribution in [0.4, 0.5) is 5.69 Å². The third kappa shape index (κ3) is 3.87. The molecule has 0 bridgehead atoms. The molecule has 0 spiro atoms. The predicted octanol–water partition coefficient (Wildman–Crippen LogP) is 3.31. The lowest BCUT2D eigenvalue weighted by atomic mass is 10.1. The number of rotatable bonds is 5. The van der Waals surface area contributed by atoms with Crippen LogP contribution in [0.3, 0.4) is 0 Å². The molecule has 6 heteroatoms. The monoisotopic (exact) mass is 337 g/mol. The Morgan fingerprint density at radius 3 is 2.41 bits per heavy atom. The second kappa shape index (κ2) is 6.94. The molecule has 1 N–H and O–H groups in total. The third-order valence-corrected chi connectivity index (χ3v) is 5.34. The van der Waals surface area contributed by atoms with Crippen molar-refractivity contribution in [1.29, 1.82) is 0 Å². The van der Waals surface area contributed by atoms with Crippen molar-refractivity contribution >= 4 is 33.0 Å². The molecule has 0 saturated heterocycles. The van der Waals surface area contributed by atoms with E-state index in [-0.39, 0.29) is 23.0 Å². The first-order valence-corrected chi connectivity index (χ1v) is 8.82. The van der Waals surface area contributed by atoms with Crippen molar-refractivity contribution in [1.82, 2.24) is 0 Å². The second-order valence-electron chi connectivity index (χ2n) is 4.72. The van der Waals surface area contributed by atoms with Crippen LogP contribution in [0.25, 0.3) is 0 Å². The Morgan fingerprint density at radius 1 is 1.09 bits per heavy atom. The summed E-state index contributed by atoms with van der Waals surface area (Å²) in [6.07, 6.45) is 0.0835. The molecule has 22 heavy (non-hydrogen) atoms.